The normalized spacial score (nSPS) is 28.1. The Hall–Kier alpha value is -3.70. The number of aromatic nitrogens is 3. The standard InChI is InChI=1S/C33H34F3N5O3/c1-2-21-24(35)5-4-18-10-20(42)11-22(27(18)21)29-28(36)30-23(13-37-29)31(41-14-17-8-25(41)26(43)9-17)39-32(38-30)44-16-33-6-3-7-40(33)15-19(34)12-33/h4-5,10-11,13,17,19,25-26,42-43H,2-3,6-9,12,14-16H2,1H3/t17?,19-,25?,26?,33+/m1/s1. The molecule has 5 heterocycles. The van der Waals surface area contributed by atoms with Crippen LogP contribution in [-0.4, -0.2) is 80.2 Å². The molecular weight excluding hydrogens is 571 g/mol. The molecule has 230 valence electrons. The number of pyridine rings is 1. The highest BCUT2D eigenvalue weighted by atomic mass is 19.1. The molecule has 0 amide bonds. The molecule has 1 saturated carbocycles. The van der Waals surface area contributed by atoms with E-state index in [9.17, 15) is 19.0 Å². The van der Waals surface area contributed by atoms with Crippen LogP contribution in [0.1, 0.15) is 44.6 Å². The van der Waals surface area contributed by atoms with E-state index >= 15 is 4.39 Å². The zero-order valence-electron chi connectivity index (χ0n) is 24.4. The first-order valence-corrected chi connectivity index (χ1v) is 15.5. The van der Waals surface area contributed by atoms with Gasteiger partial charge in [-0.3, -0.25) is 9.88 Å². The van der Waals surface area contributed by atoms with Crippen molar-refractivity contribution in [2.45, 2.75) is 69.3 Å². The highest BCUT2D eigenvalue weighted by molar-refractivity contribution is 6.01. The van der Waals surface area contributed by atoms with Crippen LogP contribution in [0, 0.1) is 17.6 Å². The first kappa shape index (κ1) is 27.8. The minimum absolute atomic E-state index is 0.0197. The molecule has 4 aromatic rings. The highest BCUT2D eigenvalue weighted by Gasteiger charge is 2.50. The molecule has 5 atom stereocenters. The summed E-state index contributed by atoms with van der Waals surface area (Å²) in [4.78, 5) is 17.9. The van der Waals surface area contributed by atoms with Crippen LogP contribution < -0.4 is 9.64 Å². The minimum Gasteiger partial charge on any atom is -0.508 e. The number of aliphatic hydroxyl groups excluding tert-OH is 1. The number of aryl methyl sites for hydroxylation is 1. The van der Waals surface area contributed by atoms with Crippen LogP contribution in [0.15, 0.2) is 30.5 Å². The van der Waals surface area contributed by atoms with Gasteiger partial charge in [-0.25, -0.2) is 13.2 Å². The van der Waals surface area contributed by atoms with E-state index in [0.717, 1.165) is 25.8 Å². The second-order valence-corrected chi connectivity index (χ2v) is 13.0. The lowest BCUT2D eigenvalue weighted by molar-refractivity contribution is 0.107. The number of piperidine rings is 1. The lowest BCUT2D eigenvalue weighted by Crippen LogP contribution is -2.44. The van der Waals surface area contributed by atoms with Gasteiger partial charge >= 0.3 is 6.01 Å². The number of ether oxygens (including phenoxy) is 1. The largest absolute Gasteiger partial charge is 0.508 e. The van der Waals surface area contributed by atoms with Crippen LogP contribution in [0.3, 0.4) is 0 Å². The molecule has 3 saturated heterocycles. The molecule has 2 aromatic heterocycles. The second kappa shape index (κ2) is 10.2. The Morgan fingerprint density at radius 1 is 1.14 bits per heavy atom. The lowest BCUT2D eigenvalue weighted by atomic mass is 9.94. The lowest BCUT2D eigenvalue weighted by Gasteiger charge is -2.33. The van der Waals surface area contributed by atoms with Gasteiger partial charge in [-0.2, -0.15) is 9.97 Å². The predicted molar refractivity (Wildman–Crippen MR) is 160 cm³/mol. The Balaban J connectivity index is 1.28. The number of phenolic OH excluding ortho intramolecular Hbond substituents is 1. The van der Waals surface area contributed by atoms with Crippen molar-refractivity contribution in [1.82, 2.24) is 19.9 Å². The number of benzene rings is 2. The van der Waals surface area contributed by atoms with E-state index in [2.05, 4.69) is 14.9 Å². The van der Waals surface area contributed by atoms with Gasteiger partial charge in [0.25, 0.3) is 0 Å². The van der Waals surface area contributed by atoms with Crippen LogP contribution in [0.2, 0.25) is 0 Å². The molecule has 0 radical (unpaired) electrons. The number of rotatable bonds is 6. The number of alkyl halides is 1. The molecule has 2 aromatic carbocycles. The van der Waals surface area contributed by atoms with E-state index in [1.807, 2.05) is 11.8 Å². The van der Waals surface area contributed by atoms with Crippen molar-refractivity contribution in [2.24, 2.45) is 5.92 Å². The Labute approximate surface area is 252 Å². The van der Waals surface area contributed by atoms with Crippen molar-refractivity contribution in [3.63, 3.8) is 0 Å². The summed E-state index contributed by atoms with van der Waals surface area (Å²) in [6, 6.07) is 5.64. The number of phenols is 1. The maximum absolute atomic E-state index is 16.8. The average molecular weight is 606 g/mol. The third-order valence-corrected chi connectivity index (χ3v) is 10.4. The van der Waals surface area contributed by atoms with Gasteiger partial charge in [-0.1, -0.05) is 13.0 Å². The van der Waals surface area contributed by atoms with E-state index in [-0.39, 0.29) is 41.2 Å². The van der Waals surface area contributed by atoms with Gasteiger partial charge in [0.2, 0.25) is 0 Å². The van der Waals surface area contributed by atoms with Gasteiger partial charge in [0.15, 0.2) is 5.82 Å². The summed E-state index contributed by atoms with van der Waals surface area (Å²) in [5, 5.41) is 22.7. The zero-order valence-corrected chi connectivity index (χ0v) is 24.4. The molecule has 3 unspecified atom stereocenters. The highest BCUT2D eigenvalue weighted by Crippen LogP contribution is 2.45. The third-order valence-electron chi connectivity index (χ3n) is 10.4. The summed E-state index contributed by atoms with van der Waals surface area (Å²) < 4.78 is 52.3. The van der Waals surface area contributed by atoms with Gasteiger partial charge in [-0.15, -0.1) is 0 Å². The van der Waals surface area contributed by atoms with E-state index in [0.29, 0.717) is 65.8 Å². The number of nitrogens with zero attached hydrogens (tertiary/aromatic N) is 5. The van der Waals surface area contributed by atoms with Crippen molar-refractivity contribution < 1.29 is 28.1 Å². The van der Waals surface area contributed by atoms with Gasteiger partial charge < -0.3 is 19.8 Å². The van der Waals surface area contributed by atoms with E-state index in [4.69, 9.17) is 9.72 Å². The molecule has 8 rings (SSSR count). The maximum Gasteiger partial charge on any atom is 0.319 e. The Bertz CT molecular complexity index is 1810. The van der Waals surface area contributed by atoms with Crippen molar-refractivity contribution in [2.75, 3.05) is 31.1 Å². The molecule has 2 N–H and O–H groups in total. The number of hydrogen-bond acceptors (Lipinski definition) is 8. The Kier molecular flexibility index (Phi) is 6.43. The molecule has 1 aliphatic carbocycles. The fourth-order valence-corrected chi connectivity index (χ4v) is 8.41. The number of aliphatic hydroxyl groups is 1. The molecule has 4 fully saturated rings. The van der Waals surface area contributed by atoms with Crippen LogP contribution in [0.5, 0.6) is 11.8 Å². The smallest absolute Gasteiger partial charge is 0.319 e. The Morgan fingerprint density at radius 2 is 2.00 bits per heavy atom. The third kappa shape index (κ3) is 4.23. The zero-order chi connectivity index (χ0) is 30.3. The second-order valence-electron chi connectivity index (χ2n) is 13.0. The van der Waals surface area contributed by atoms with Crippen LogP contribution in [0.25, 0.3) is 32.9 Å². The van der Waals surface area contributed by atoms with Gasteiger partial charge in [0, 0.05) is 31.3 Å². The van der Waals surface area contributed by atoms with Crippen molar-refractivity contribution in [1.29, 1.82) is 0 Å². The first-order chi connectivity index (χ1) is 21.2. The van der Waals surface area contributed by atoms with Crippen LogP contribution in [-0.2, 0) is 6.42 Å². The predicted octanol–water partition coefficient (Wildman–Crippen LogP) is 5.31. The quantitative estimate of drug-likeness (QED) is 0.306. The molecular formula is C33H34F3N5O3. The van der Waals surface area contributed by atoms with Gasteiger partial charge in [-0.05, 0) is 79.1 Å². The summed E-state index contributed by atoms with van der Waals surface area (Å²) in [7, 11) is 0. The van der Waals surface area contributed by atoms with E-state index < -0.39 is 29.4 Å². The molecule has 11 heteroatoms. The average Bonchev–Trinajstić information content (AvgIpc) is 3.75. The molecule has 44 heavy (non-hydrogen) atoms. The van der Waals surface area contributed by atoms with Crippen molar-refractivity contribution in [3.8, 4) is 23.0 Å². The minimum atomic E-state index is -0.922. The summed E-state index contributed by atoms with van der Waals surface area (Å²) in [6.07, 6.45) is 4.09. The van der Waals surface area contributed by atoms with E-state index in [1.165, 1.54) is 24.4 Å². The summed E-state index contributed by atoms with van der Waals surface area (Å²) in [6.45, 7) is 3.85. The van der Waals surface area contributed by atoms with Crippen molar-refractivity contribution >= 4 is 27.5 Å². The van der Waals surface area contributed by atoms with Gasteiger partial charge in [0.1, 0.15) is 41.4 Å². The number of aromatic hydroxyl groups is 1. The topological polar surface area (TPSA) is 94.8 Å². The van der Waals surface area contributed by atoms with E-state index in [1.54, 1.807) is 6.07 Å². The number of halogens is 3. The maximum atomic E-state index is 16.8. The first-order valence-electron chi connectivity index (χ1n) is 15.5. The van der Waals surface area contributed by atoms with Crippen LogP contribution >= 0.6 is 0 Å². The fourth-order valence-electron chi connectivity index (χ4n) is 8.41. The number of anilines is 1. The van der Waals surface area contributed by atoms with Crippen molar-refractivity contribution in [3.05, 3.63) is 47.7 Å². The van der Waals surface area contributed by atoms with Gasteiger partial charge in [0.05, 0.1) is 23.1 Å². The molecule has 8 nitrogen and oxygen atoms in total. The monoisotopic (exact) mass is 605 g/mol. The summed E-state index contributed by atoms with van der Waals surface area (Å²) >= 11 is 0. The number of hydrogen-bond donors (Lipinski definition) is 2. The Morgan fingerprint density at radius 3 is 2.80 bits per heavy atom. The number of fused-ring (bicyclic) bond motifs is 5. The summed E-state index contributed by atoms with van der Waals surface area (Å²) in [5.41, 5.74) is 0.123. The van der Waals surface area contributed by atoms with Crippen LogP contribution in [0.4, 0.5) is 19.0 Å². The molecule has 3 aliphatic heterocycles. The molecule has 4 aliphatic rings. The SMILES string of the molecule is CCc1c(F)ccc2cc(O)cc(-c3ncc4c(N5CC6CC(O)C5C6)nc(OC[C@@]56CCCN5C[C@H](F)C6)nc4c3F)c12. The molecule has 2 bridgehead atoms. The fraction of sp³-hybridized carbons (Fsp3) is 0.485. The molecule has 0 spiro atoms. The summed E-state index contributed by atoms with van der Waals surface area (Å²) in [5.74, 6) is -0.525.